The first-order chi connectivity index (χ1) is 11.3. The average Bonchev–Trinajstić information content (AvgIpc) is 2.51. The van der Waals surface area contributed by atoms with Gasteiger partial charge in [-0.15, -0.1) is 0 Å². The summed E-state index contributed by atoms with van der Waals surface area (Å²) in [6.07, 6.45) is 0. The van der Waals surface area contributed by atoms with E-state index in [1.807, 2.05) is 0 Å². The third-order valence-corrected chi connectivity index (χ3v) is 4.54. The molecule has 2 rings (SSSR count). The molecule has 0 aliphatic heterocycles. The summed E-state index contributed by atoms with van der Waals surface area (Å²) in [4.78, 5) is 11.8. The lowest BCUT2D eigenvalue weighted by molar-refractivity contribution is 0.0526. The van der Waals surface area contributed by atoms with Crippen LogP contribution in [0.25, 0.3) is 0 Å². The first kappa shape index (κ1) is 17.9. The van der Waals surface area contributed by atoms with E-state index in [0.29, 0.717) is 5.56 Å². The predicted octanol–water partition coefficient (Wildman–Crippen LogP) is 3.25. The van der Waals surface area contributed by atoms with E-state index < -0.39 is 27.6 Å². The van der Waals surface area contributed by atoms with Crippen molar-refractivity contribution in [2.24, 2.45) is 0 Å². The maximum atomic E-state index is 13.6. The normalized spacial score (nSPS) is 11.1. The molecule has 5 nitrogen and oxygen atoms in total. The van der Waals surface area contributed by atoms with E-state index in [2.05, 4.69) is 4.72 Å². The van der Waals surface area contributed by atoms with E-state index >= 15 is 0 Å². The van der Waals surface area contributed by atoms with Gasteiger partial charge < -0.3 is 4.74 Å². The number of aryl methyl sites for hydroxylation is 1. The Bertz CT molecular complexity index is 849. The molecule has 0 spiro atoms. The number of benzene rings is 2. The van der Waals surface area contributed by atoms with Gasteiger partial charge in [-0.25, -0.2) is 17.6 Å². The minimum atomic E-state index is -3.83. The molecule has 0 atom stereocenters. The minimum absolute atomic E-state index is 0.0733. The molecule has 2 aromatic rings. The fraction of sp³-hybridized carbons (Fsp3) is 0.235. The number of sulfonamides is 1. The second-order valence-electron chi connectivity index (χ2n) is 5.20. The summed E-state index contributed by atoms with van der Waals surface area (Å²) in [7, 11) is -3.83. The maximum Gasteiger partial charge on any atom is 0.338 e. The third kappa shape index (κ3) is 4.55. The smallest absolute Gasteiger partial charge is 0.338 e. The van der Waals surface area contributed by atoms with Crippen molar-refractivity contribution in [2.45, 2.75) is 19.6 Å². The molecule has 7 heteroatoms. The van der Waals surface area contributed by atoms with Crippen LogP contribution < -0.4 is 4.72 Å². The van der Waals surface area contributed by atoms with Crippen molar-refractivity contribution in [3.05, 3.63) is 65.0 Å². The van der Waals surface area contributed by atoms with E-state index in [0.717, 1.165) is 0 Å². The topological polar surface area (TPSA) is 72.5 Å². The third-order valence-electron chi connectivity index (χ3n) is 3.32. The Morgan fingerprint density at radius 1 is 1.21 bits per heavy atom. The van der Waals surface area contributed by atoms with Crippen LogP contribution in [-0.4, -0.2) is 21.0 Å². The summed E-state index contributed by atoms with van der Waals surface area (Å²) >= 11 is 0. The van der Waals surface area contributed by atoms with Crippen LogP contribution in [0, 0.1) is 12.7 Å². The number of ether oxygens (including phenoxy) is 1. The van der Waals surface area contributed by atoms with Gasteiger partial charge in [0.05, 0.1) is 23.6 Å². The highest BCUT2D eigenvalue weighted by Crippen LogP contribution is 2.21. The average molecular weight is 351 g/mol. The Morgan fingerprint density at radius 3 is 2.58 bits per heavy atom. The van der Waals surface area contributed by atoms with Crippen LogP contribution in [0.2, 0.25) is 0 Å². The molecule has 1 N–H and O–H groups in total. The second-order valence-corrected chi connectivity index (χ2v) is 6.93. The molecule has 0 aliphatic carbocycles. The van der Waals surface area contributed by atoms with E-state index in [1.54, 1.807) is 32.0 Å². The quantitative estimate of drug-likeness (QED) is 0.811. The Morgan fingerprint density at radius 2 is 1.92 bits per heavy atom. The first-order valence-electron chi connectivity index (χ1n) is 7.34. The van der Waals surface area contributed by atoms with E-state index in [9.17, 15) is 17.6 Å². The fourth-order valence-electron chi connectivity index (χ4n) is 2.10. The number of esters is 1. The number of anilines is 1. The van der Waals surface area contributed by atoms with Crippen LogP contribution in [0.3, 0.4) is 0 Å². The van der Waals surface area contributed by atoms with Crippen molar-refractivity contribution in [3.63, 3.8) is 0 Å². The number of halogens is 1. The Balaban J connectivity index is 2.24. The van der Waals surface area contributed by atoms with Crippen molar-refractivity contribution in [2.75, 3.05) is 11.3 Å². The number of carbonyl (C=O) groups is 1. The van der Waals surface area contributed by atoms with Gasteiger partial charge in [-0.3, -0.25) is 4.72 Å². The molecule has 0 bridgehead atoms. The van der Waals surface area contributed by atoms with Crippen molar-refractivity contribution < 1.29 is 22.3 Å². The molecular weight excluding hydrogens is 333 g/mol. The molecular formula is C17H18FNO4S. The monoisotopic (exact) mass is 351 g/mol. The Kier molecular flexibility index (Phi) is 5.56. The molecule has 0 heterocycles. The van der Waals surface area contributed by atoms with E-state index in [4.69, 9.17) is 4.74 Å². The Hall–Kier alpha value is -2.41. The second kappa shape index (κ2) is 7.44. The maximum absolute atomic E-state index is 13.6. The highest BCUT2D eigenvalue weighted by atomic mass is 32.2. The zero-order valence-electron chi connectivity index (χ0n) is 13.4. The number of carbonyl (C=O) groups excluding carboxylic acids is 1. The molecule has 0 saturated carbocycles. The van der Waals surface area contributed by atoms with Gasteiger partial charge in [-0.2, -0.15) is 0 Å². The van der Waals surface area contributed by atoms with Crippen molar-refractivity contribution in [1.29, 1.82) is 0 Å². The Labute approximate surface area is 140 Å². The van der Waals surface area contributed by atoms with Crippen molar-refractivity contribution in [1.82, 2.24) is 0 Å². The summed E-state index contributed by atoms with van der Waals surface area (Å²) in [5.41, 5.74) is 1.22. The molecule has 0 aromatic heterocycles. The molecule has 0 amide bonds. The number of hydrogen-bond acceptors (Lipinski definition) is 4. The summed E-state index contributed by atoms with van der Waals surface area (Å²) in [5.74, 6) is -1.62. The van der Waals surface area contributed by atoms with Gasteiger partial charge in [0.1, 0.15) is 5.82 Å². The van der Waals surface area contributed by atoms with Crippen molar-refractivity contribution >= 4 is 21.7 Å². The number of nitrogens with one attached hydrogen (secondary N) is 1. The molecule has 128 valence electrons. The predicted molar refractivity (Wildman–Crippen MR) is 89.8 cm³/mol. The number of rotatable bonds is 6. The van der Waals surface area contributed by atoms with E-state index in [1.165, 1.54) is 24.3 Å². The minimum Gasteiger partial charge on any atom is -0.462 e. The summed E-state index contributed by atoms with van der Waals surface area (Å²) in [6.45, 7) is 3.61. The van der Waals surface area contributed by atoms with Crippen LogP contribution in [0.5, 0.6) is 0 Å². The highest BCUT2D eigenvalue weighted by molar-refractivity contribution is 7.91. The summed E-state index contributed by atoms with van der Waals surface area (Å²) in [6, 6.07) is 10.3. The van der Waals surface area contributed by atoms with Crippen LogP contribution in [0.4, 0.5) is 10.1 Å². The number of hydrogen-bond donors (Lipinski definition) is 1. The van der Waals surface area contributed by atoms with Crippen LogP contribution in [0.1, 0.15) is 28.4 Å². The van der Waals surface area contributed by atoms with Crippen molar-refractivity contribution in [3.8, 4) is 0 Å². The zero-order valence-corrected chi connectivity index (χ0v) is 14.2. The van der Waals surface area contributed by atoms with Gasteiger partial charge in [0.15, 0.2) is 0 Å². The largest absolute Gasteiger partial charge is 0.462 e. The standard InChI is InChI=1S/C17H18FNO4S/c1-3-23-17(20)13-9-8-12(2)16(10-13)19-24(21,22)11-14-6-4-5-7-15(14)18/h4-10,19H,3,11H2,1-2H3. The summed E-state index contributed by atoms with van der Waals surface area (Å²) < 4.78 is 45.5. The van der Waals surface area contributed by atoms with Gasteiger partial charge in [0.25, 0.3) is 0 Å². The van der Waals surface area contributed by atoms with Gasteiger partial charge in [-0.05, 0) is 37.6 Å². The van der Waals surface area contributed by atoms with Crippen LogP contribution in [-0.2, 0) is 20.5 Å². The van der Waals surface area contributed by atoms with E-state index in [-0.39, 0.29) is 23.4 Å². The van der Waals surface area contributed by atoms with Crippen LogP contribution >= 0.6 is 0 Å². The SMILES string of the molecule is CCOC(=O)c1ccc(C)c(NS(=O)(=O)Cc2ccccc2F)c1. The molecule has 0 radical (unpaired) electrons. The first-order valence-corrected chi connectivity index (χ1v) is 8.99. The van der Waals surface area contributed by atoms with Gasteiger partial charge in [0, 0.05) is 5.56 Å². The molecule has 0 aliphatic rings. The fourth-order valence-corrected chi connectivity index (χ4v) is 3.37. The van der Waals surface area contributed by atoms with Gasteiger partial charge in [-0.1, -0.05) is 24.3 Å². The van der Waals surface area contributed by atoms with Crippen LogP contribution in [0.15, 0.2) is 42.5 Å². The lowest BCUT2D eigenvalue weighted by Crippen LogP contribution is -2.17. The summed E-state index contributed by atoms with van der Waals surface area (Å²) in [5, 5.41) is 0. The van der Waals surface area contributed by atoms with Gasteiger partial charge >= 0.3 is 5.97 Å². The molecule has 2 aromatic carbocycles. The lowest BCUT2D eigenvalue weighted by atomic mass is 10.1. The highest BCUT2D eigenvalue weighted by Gasteiger charge is 2.17. The molecule has 0 unspecified atom stereocenters. The zero-order chi connectivity index (χ0) is 17.7. The molecule has 0 saturated heterocycles. The lowest BCUT2D eigenvalue weighted by Gasteiger charge is -2.12. The van der Waals surface area contributed by atoms with Gasteiger partial charge in [0.2, 0.25) is 10.0 Å². The molecule has 0 fully saturated rings. The molecule has 24 heavy (non-hydrogen) atoms.